The van der Waals surface area contributed by atoms with Crippen LogP contribution in [0.3, 0.4) is 0 Å². The standard InChI is InChI=1S/C11H15FN2O4S2/c12-10-6-8(13)3-4-11(10)20(17,18)14-7-9-2-1-5-19(9,15)16/h3-4,6,9,14H,1-2,5,7,13H2. The molecule has 1 aliphatic heterocycles. The zero-order chi connectivity index (χ0) is 15.0. The fourth-order valence-corrected chi connectivity index (χ4v) is 5.11. The van der Waals surface area contributed by atoms with Crippen LogP contribution in [0.5, 0.6) is 0 Å². The second-order valence-corrected chi connectivity index (χ2v) is 8.81. The third kappa shape index (κ3) is 3.10. The maximum absolute atomic E-state index is 13.6. The number of nitrogens with one attached hydrogen (secondary N) is 1. The Morgan fingerprint density at radius 3 is 2.65 bits per heavy atom. The first-order valence-corrected chi connectivity index (χ1v) is 9.18. The van der Waals surface area contributed by atoms with Crippen LogP contribution in [-0.2, 0) is 19.9 Å². The number of rotatable bonds is 4. The zero-order valence-corrected chi connectivity index (χ0v) is 12.2. The number of anilines is 1. The number of sulfone groups is 1. The normalized spacial score (nSPS) is 21.9. The Kier molecular flexibility index (Phi) is 4.03. The van der Waals surface area contributed by atoms with Crippen molar-refractivity contribution >= 4 is 25.5 Å². The number of hydrogen-bond donors (Lipinski definition) is 2. The Morgan fingerprint density at radius 1 is 1.40 bits per heavy atom. The minimum atomic E-state index is -4.09. The Morgan fingerprint density at radius 2 is 2.10 bits per heavy atom. The predicted molar refractivity (Wildman–Crippen MR) is 72.8 cm³/mol. The Balaban J connectivity index is 2.16. The van der Waals surface area contributed by atoms with E-state index in [4.69, 9.17) is 5.73 Å². The van der Waals surface area contributed by atoms with Crippen molar-refractivity contribution < 1.29 is 21.2 Å². The maximum Gasteiger partial charge on any atom is 0.243 e. The number of benzene rings is 1. The van der Waals surface area contributed by atoms with Gasteiger partial charge in [0.15, 0.2) is 9.84 Å². The van der Waals surface area contributed by atoms with Crippen molar-refractivity contribution in [3.63, 3.8) is 0 Å². The summed E-state index contributed by atoms with van der Waals surface area (Å²) >= 11 is 0. The molecule has 1 aliphatic rings. The molecule has 6 nitrogen and oxygen atoms in total. The lowest BCUT2D eigenvalue weighted by Gasteiger charge is -2.12. The summed E-state index contributed by atoms with van der Waals surface area (Å²) in [4.78, 5) is -0.540. The van der Waals surface area contributed by atoms with Crippen molar-refractivity contribution in [1.82, 2.24) is 4.72 Å². The van der Waals surface area contributed by atoms with E-state index in [1.54, 1.807) is 0 Å². The van der Waals surface area contributed by atoms with E-state index in [0.717, 1.165) is 12.1 Å². The third-order valence-electron chi connectivity index (χ3n) is 3.21. The van der Waals surface area contributed by atoms with Gasteiger partial charge in [0, 0.05) is 12.2 Å². The largest absolute Gasteiger partial charge is 0.399 e. The average Bonchev–Trinajstić information content (AvgIpc) is 2.65. The van der Waals surface area contributed by atoms with Crippen LogP contribution in [0.4, 0.5) is 10.1 Å². The molecule has 112 valence electrons. The summed E-state index contributed by atoms with van der Waals surface area (Å²) in [6, 6.07) is 3.22. The molecule has 0 bridgehead atoms. The summed E-state index contributed by atoms with van der Waals surface area (Å²) in [5.74, 6) is -0.901. The van der Waals surface area contributed by atoms with Gasteiger partial charge in [0.25, 0.3) is 0 Å². The number of halogens is 1. The van der Waals surface area contributed by atoms with E-state index in [1.807, 2.05) is 0 Å². The first-order valence-electron chi connectivity index (χ1n) is 5.99. The maximum atomic E-state index is 13.6. The lowest BCUT2D eigenvalue weighted by atomic mass is 10.2. The van der Waals surface area contributed by atoms with Crippen LogP contribution in [0.2, 0.25) is 0 Å². The van der Waals surface area contributed by atoms with Crippen molar-refractivity contribution in [3.8, 4) is 0 Å². The Labute approximate surface area is 117 Å². The fraction of sp³-hybridized carbons (Fsp3) is 0.455. The quantitative estimate of drug-likeness (QED) is 0.774. The molecule has 0 spiro atoms. The van der Waals surface area contributed by atoms with Crippen LogP contribution < -0.4 is 10.5 Å². The lowest BCUT2D eigenvalue weighted by molar-refractivity contribution is 0.553. The summed E-state index contributed by atoms with van der Waals surface area (Å²) in [7, 11) is -7.34. The Hall–Kier alpha value is -1.19. The van der Waals surface area contributed by atoms with Gasteiger partial charge in [-0.3, -0.25) is 0 Å². The molecule has 2 rings (SSSR count). The molecule has 1 saturated heterocycles. The van der Waals surface area contributed by atoms with E-state index in [1.165, 1.54) is 6.07 Å². The highest BCUT2D eigenvalue weighted by molar-refractivity contribution is 7.92. The van der Waals surface area contributed by atoms with E-state index in [-0.39, 0.29) is 18.0 Å². The molecule has 0 amide bonds. The van der Waals surface area contributed by atoms with Gasteiger partial charge < -0.3 is 5.73 Å². The minimum Gasteiger partial charge on any atom is -0.399 e. The average molecular weight is 322 g/mol. The van der Waals surface area contributed by atoms with Gasteiger partial charge in [0.1, 0.15) is 10.7 Å². The number of sulfonamides is 1. The highest BCUT2D eigenvalue weighted by atomic mass is 32.2. The topological polar surface area (TPSA) is 106 Å². The third-order valence-corrected chi connectivity index (χ3v) is 6.94. The van der Waals surface area contributed by atoms with E-state index in [2.05, 4.69) is 4.72 Å². The molecule has 0 aliphatic carbocycles. The molecule has 1 unspecified atom stereocenters. The van der Waals surface area contributed by atoms with Crippen molar-refractivity contribution in [2.75, 3.05) is 18.0 Å². The molecule has 3 N–H and O–H groups in total. The van der Waals surface area contributed by atoms with Crippen molar-refractivity contribution in [1.29, 1.82) is 0 Å². The SMILES string of the molecule is Nc1ccc(S(=O)(=O)NCC2CCCS2(=O)=O)c(F)c1. The van der Waals surface area contributed by atoms with Gasteiger partial charge in [-0.1, -0.05) is 0 Å². The van der Waals surface area contributed by atoms with Crippen molar-refractivity contribution in [2.45, 2.75) is 23.0 Å². The summed E-state index contributed by atoms with van der Waals surface area (Å²) < 4.78 is 62.8. The van der Waals surface area contributed by atoms with Crippen LogP contribution in [0.1, 0.15) is 12.8 Å². The van der Waals surface area contributed by atoms with Gasteiger partial charge in [0.2, 0.25) is 10.0 Å². The van der Waals surface area contributed by atoms with Crippen LogP contribution in [-0.4, -0.2) is 34.4 Å². The predicted octanol–water partition coefficient (Wildman–Crippen LogP) is 0.263. The summed E-state index contributed by atoms with van der Waals surface area (Å²) in [6.07, 6.45) is 0.931. The van der Waals surface area contributed by atoms with Crippen molar-refractivity contribution in [2.24, 2.45) is 0 Å². The van der Waals surface area contributed by atoms with Crippen LogP contribution in [0.25, 0.3) is 0 Å². The van der Waals surface area contributed by atoms with E-state index in [9.17, 15) is 21.2 Å². The van der Waals surface area contributed by atoms with Gasteiger partial charge >= 0.3 is 0 Å². The molecule has 1 fully saturated rings. The highest BCUT2D eigenvalue weighted by Crippen LogP contribution is 2.21. The fourth-order valence-electron chi connectivity index (χ4n) is 2.10. The molecular formula is C11H15FN2O4S2. The smallest absolute Gasteiger partial charge is 0.243 e. The highest BCUT2D eigenvalue weighted by Gasteiger charge is 2.32. The molecule has 0 saturated carbocycles. The lowest BCUT2D eigenvalue weighted by Crippen LogP contribution is -2.35. The van der Waals surface area contributed by atoms with Gasteiger partial charge in [-0.05, 0) is 31.0 Å². The van der Waals surface area contributed by atoms with E-state index >= 15 is 0 Å². The first kappa shape index (κ1) is 15.2. The number of hydrogen-bond acceptors (Lipinski definition) is 5. The van der Waals surface area contributed by atoms with Crippen molar-refractivity contribution in [3.05, 3.63) is 24.0 Å². The van der Waals surface area contributed by atoms with E-state index in [0.29, 0.717) is 12.8 Å². The molecule has 20 heavy (non-hydrogen) atoms. The molecule has 1 aromatic carbocycles. The van der Waals surface area contributed by atoms with Crippen LogP contribution in [0, 0.1) is 5.82 Å². The molecule has 1 heterocycles. The van der Waals surface area contributed by atoms with E-state index < -0.39 is 35.8 Å². The molecule has 0 radical (unpaired) electrons. The Bertz CT molecular complexity index is 716. The second-order valence-electron chi connectivity index (χ2n) is 4.67. The molecule has 1 atom stereocenters. The molecule has 1 aromatic rings. The monoisotopic (exact) mass is 322 g/mol. The molecule has 9 heteroatoms. The van der Waals surface area contributed by atoms with Gasteiger partial charge in [0.05, 0.1) is 11.0 Å². The number of nitrogens with two attached hydrogens (primary N) is 1. The minimum absolute atomic E-state index is 0.0651. The second kappa shape index (κ2) is 5.30. The zero-order valence-electron chi connectivity index (χ0n) is 10.5. The van der Waals surface area contributed by atoms with Gasteiger partial charge in [-0.2, -0.15) is 0 Å². The first-order chi connectivity index (χ1) is 9.22. The van der Waals surface area contributed by atoms with Crippen LogP contribution in [0.15, 0.2) is 23.1 Å². The summed E-state index contributed by atoms with van der Waals surface area (Å²) in [5.41, 5.74) is 5.46. The van der Waals surface area contributed by atoms with Crippen LogP contribution >= 0.6 is 0 Å². The molecular weight excluding hydrogens is 307 g/mol. The van der Waals surface area contributed by atoms with Gasteiger partial charge in [-0.15, -0.1) is 0 Å². The summed E-state index contributed by atoms with van der Waals surface area (Å²) in [6.45, 7) is -0.242. The molecule has 0 aromatic heterocycles. The van der Waals surface area contributed by atoms with Gasteiger partial charge in [-0.25, -0.2) is 25.9 Å². The number of nitrogen functional groups attached to an aromatic ring is 1. The summed E-state index contributed by atoms with van der Waals surface area (Å²) in [5, 5.41) is -0.742.